The molecule has 1 heterocycles. The summed E-state index contributed by atoms with van der Waals surface area (Å²) in [5.41, 5.74) is 2.38. The molecule has 3 rings (SSSR count). The Morgan fingerprint density at radius 3 is 2.31 bits per heavy atom. The third-order valence-electron chi connectivity index (χ3n) is 5.41. The molecule has 0 bridgehead atoms. The van der Waals surface area contributed by atoms with Crippen LogP contribution in [0.2, 0.25) is 0 Å². The van der Waals surface area contributed by atoms with Gasteiger partial charge in [0.25, 0.3) is 0 Å². The molecule has 13 heteroatoms. The number of hydrogen-bond donors (Lipinski definition) is 1. The normalized spacial score (nSPS) is 14.1. The standard InChI is InChI=1S/C22H26BrF3N2O5S.ClH/c1-31-18-11-15-7-10-28(14-16(15)12-19(18)32-2)9-4-3-8-27-34(29,30)21-6-5-17(23)13-20(21)33-22(24,25)26;/h5-6,11-13,27H,3-4,7-10,14H2,1-2H3;1H. The van der Waals surface area contributed by atoms with Crippen LogP contribution in [0.3, 0.4) is 0 Å². The fourth-order valence-electron chi connectivity index (χ4n) is 3.79. The van der Waals surface area contributed by atoms with Crippen LogP contribution in [0.25, 0.3) is 0 Å². The van der Waals surface area contributed by atoms with Gasteiger partial charge in [-0.05, 0) is 67.3 Å². The first kappa shape index (κ1) is 29.5. The minimum absolute atomic E-state index is 0. The summed E-state index contributed by atoms with van der Waals surface area (Å²) in [5.74, 6) is 0.601. The van der Waals surface area contributed by atoms with Crippen molar-refractivity contribution in [2.75, 3.05) is 33.9 Å². The lowest BCUT2D eigenvalue weighted by Gasteiger charge is -2.29. The van der Waals surface area contributed by atoms with Crippen molar-refractivity contribution in [3.05, 3.63) is 45.9 Å². The molecule has 1 N–H and O–H groups in total. The van der Waals surface area contributed by atoms with Gasteiger partial charge in [-0.2, -0.15) is 0 Å². The van der Waals surface area contributed by atoms with Crippen LogP contribution in [0.4, 0.5) is 13.2 Å². The van der Waals surface area contributed by atoms with Crippen molar-refractivity contribution < 1.29 is 35.8 Å². The average molecular weight is 604 g/mol. The Morgan fingerprint density at radius 1 is 1.03 bits per heavy atom. The van der Waals surface area contributed by atoms with Crippen LogP contribution >= 0.6 is 28.3 Å². The van der Waals surface area contributed by atoms with Gasteiger partial charge in [0.1, 0.15) is 4.90 Å². The van der Waals surface area contributed by atoms with E-state index in [1.165, 1.54) is 11.6 Å². The van der Waals surface area contributed by atoms with E-state index in [1.807, 2.05) is 12.1 Å². The van der Waals surface area contributed by atoms with Gasteiger partial charge in [0.05, 0.1) is 14.2 Å². The Balaban J connectivity index is 0.00000432. The second-order valence-corrected chi connectivity index (χ2v) is 10.4. The molecule has 0 saturated carbocycles. The third-order valence-corrected chi connectivity index (χ3v) is 7.40. The van der Waals surface area contributed by atoms with Crippen LogP contribution in [0.5, 0.6) is 17.2 Å². The van der Waals surface area contributed by atoms with E-state index < -0.39 is 27.0 Å². The number of hydrogen-bond acceptors (Lipinski definition) is 6. The van der Waals surface area contributed by atoms with Crippen molar-refractivity contribution in [2.45, 2.75) is 37.1 Å². The molecular weight excluding hydrogens is 577 g/mol. The van der Waals surface area contributed by atoms with E-state index >= 15 is 0 Å². The van der Waals surface area contributed by atoms with Gasteiger partial charge in [0, 0.05) is 24.1 Å². The molecule has 196 valence electrons. The number of unbranched alkanes of at least 4 members (excludes halogenated alkanes) is 1. The van der Waals surface area contributed by atoms with Gasteiger partial charge in [-0.25, -0.2) is 13.1 Å². The van der Waals surface area contributed by atoms with Gasteiger partial charge >= 0.3 is 6.36 Å². The molecule has 0 saturated heterocycles. The Morgan fingerprint density at radius 2 is 1.69 bits per heavy atom. The Labute approximate surface area is 217 Å². The van der Waals surface area contributed by atoms with Crippen LogP contribution in [0.15, 0.2) is 39.7 Å². The first-order valence-electron chi connectivity index (χ1n) is 10.5. The molecule has 2 aromatic carbocycles. The monoisotopic (exact) mass is 602 g/mol. The zero-order valence-electron chi connectivity index (χ0n) is 19.2. The first-order valence-corrected chi connectivity index (χ1v) is 12.8. The van der Waals surface area contributed by atoms with E-state index in [4.69, 9.17) is 9.47 Å². The summed E-state index contributed by atoms with van der Waals surface area (Å²) in [6.07, 6.45) is -2.89. The van der Waals surface area contributed by atoms with Crippen molar-refractivity contribution >= 4 is 38.4 Å². The molecule has 7 nitrogen and oxygen atoms in total. The smallest absolute Gasteiger partial charge is 0.493 e. The molecule has 0 radical (unpaired) electrons. The van der Waals surface area contributed by atoms with Crippen LogP contribution in [-0.4, -0.2) is 53.5 Å². The molecule has 1 aliphatic heterocycles. The van der Waals surface area contributed by atoms with Gasteiger partial charge in [-0.15, -0.1) is 25.6 Å². The van der Waals surface area contributed by atoms with E-state index in [0.29, 0.717) is 17.9 Å². The SMILES string of the molecule is COc1cc2c(cc1OC)CN(CCCCNS(=O)(=O)c1ccc(Br)cc1OC(F)(F)F)CC2.Cl. The van der Waals surface area contributed by atoms with Crippen molar-refractivity contribution in [2.24, 2.45) is 0 Å². The van der Waals surface area contributed by atoms with Crippen molar-refractivity contribution in [1.82, 2.24) is 9.62 Å². The Bertz CT molecular complexity index is 1120. The number of sulfonamides is 1. The number of methoxy groups -OCH3 is 2. The number of alkyl halides is 3. The summed E-state index contributed by atoms with van der Waals surface area (Å²) in [5, 5.41) is 0. The highest BCUT2D eigenvalue weighted by atomic mass is 79.9. The maximum atomic E-state index is 12.7. The topological polar surface area (TPSA) is 77.1 Å². The fraction of sp³-hybridized carbons (Fsp3) is 0.455. The Hall–Kier alpha value is -1.73. The number of nitrogens with zero attached hydrogens (tertiary/aromatic N) is 1. The summed E-state index contributed by atoms with van der Waals surface area (Å²) in [7, 11) is -0.974. The second kappa shape index (κ2) is 12.5. The Kier molecular flexibility index (Phi) is 10.5. The molecule has 0 aliphatic carbocycles. The van der Waals surface area contributed by atoms with Crippen LogP contribution in [0, 0.1) is 0 Å². The maximum Gasteiger partial charge on any atom is 0.573 e. The number of benzene rings is 2. The minimum Gasteiger partial charge on any atom is -0.493 e. The lowest BCUT2D eigenvalue weighted by molar-refractivity contribution is -0.275. The van der Waals surface area contributed by atoms with Gasteiger partial charge in [-0.1, -0.05) is 15.9 Å². The predicted octanol–water partition coefficient (Wildman–Crippen LogP) is 4.90. The fourth-order valence-corrected chi connectivity index (χ4v) is 5.31. The summed E-state index contributed by atoms with van der Waals surface area (Å²) in [6, 6.07) is 7.37. The van der Waals surface area contributed by atoms with E-state index in [-0.39, 0.29) is 23.4 Å². The highest BCUT2D eigenvalue weighted by Crippen LogP contribution is 2.34. The van der Waals surface area contributed by atoms with Gasteiger partial charge in [-0.3, -0.25) is 4.90 Å². The zero-order chi connectivity index (χ0) is 24.9. The van der Waals surface area contributed by atoms with E-state index in [2.05, 4.69) is 30.3 Å². The van der Waals surface area contributed by atoms with Crippen molar-refractivity contribution in [3.63, 3.8) is 0 Å². The highest BCUT2D eigenvalue weighted by Gasteiger charge is 2.34. The number of rotatable bonds is 10. The molecule has 0 unspecified atom stereocenters. The first-order chi connectivity index (χ1) is 16.0. The highest BCUT2D eigenvalue weighted by molar-refractivity contribution is 9.10. The van der Waals surface area contributed by atoms with Gasteiger partial charge in [0.15, 0.2) is 17.2 Å². The molecule has 0 fully saturated rings. The number of ether oxygens (including phenoxy) is 3. The quantitative estimate of drug-likeness (QED) is 0.389. The predicted molar refractivity (Wildman–Crippen MR) is 131 cm³/mol. The van der Waals surface area contributed by atoms with Crippen LogP contribution in [0.1, 0.15) is 24.0 Å². The van der Waals surface area contributed by atoms with E-state index in [1.54, 1.807) is 14.2 Å². The number of halogens is 5. The molecule has 1 aliphatic rings. The molecule has 2 aromatic rings. The molecular formula is C22H27BrClF3N2O5S. The molecule has 0 atom stereocenters. The largest absolute Gasteiger partial charge is 0.573 e. The van der Waals surface area contributed by atoms with Crippen LogP contribution < -0.4 is 18.9 Å². The average Bonchev–Trinajstić information content (AvgIpc) is 2.76. The lowest BCUT2D eigenvalue weighted by atomic mass is 9.98. The zero-order valence-corrected chi connectivity index (χ0v) is 22.4. The summed E-state index contributed by atoms with van der Waals surface area (Å²) in [4.78, 5) is 1.71. The third kappa shape index (κ3) is 8.14. The van der Waals surface area contributed by atoms with Crippen molar-refractivity contribution in [1.29, 1.82) is 0 Å². The van der Waals surface area contributed by atoms with Gasteiger partial charge in [0.2, 0.25) is 10.0 Å². The van der Waals surface area contributed by atoms with Crippen molar-refractivity contribution in [3.8, 4) is 17.2 Å². The summed E-state index contributed by atoms with van der Waals surface area (Å²) < 4.78 is 80.4. The van der Waals surface area contributed by atoms with E-state index in [0.717, 1.165) is 50.2 Å². The molecule has 0 spiro atoms. The second-order valence-electron chi connectivity index (χ2n) is 7.75. The summed E-state index contributed by atoms with van der Waals surface area (Å²) >= 11 is 3.03. The van der Waals surface area contributed by atoms with Crippen LogP contribution in [-0.2, 0) is 23.0 Å². The maximum absolute atomic E-state index is 12.7. The van der Waals surface area contributed by atoms with Gasteiger partial charge < -0.3 is 14.2 Å². The molecule has 0 aromatic heterocycles. The van der Waals surface area contributed by atoms with E-state index in [9.17, 15) is 21.6 Å². The lowest BCUT2D eigenvalue weighted by Crippen LogP contribution is -2.32. The summed E-state index contributed by atoms with van der Waals surface area (Å²) in [6.45, 7) is 2.47. The number of fused-ring (bicyclic) bond motifs is 1. The number of nitrogens with one attached hydrogen (secondary N) is 1. The molecule has 35 heavy (non-hydrogen) atoms. The molecule has 0 amide bonds. The minimum atomic E-state index is -5.01.